The molecule has 1 saturated heterocycles. The van der Waals surface area contributed by atoms with E-state index in [4.69, 9.17) is 4.74 Å². The Hall–Kier alpha value is -0.650. The Kier molecular flexibility index (Phi) is 3.00. The molecule has 0 spiro atoms. The van der Waals surface area contributed by atoms with Crippen molar-refractivity contribution in [1.82, 2.24) is 10.6 Å². The zero-order valence-electron chi connectivity index (χ0n) is 8.29. The summed E-state index contributed by atoms with van der Waals surface area (Å²) in [5, 5.41) is 6.26. The predicted octanol–water partition coefficient (Wildman–Crippen LogP) is -0.774. The van der Waals surface area contributed by atoms with Gasteiger partial charge in [0, 0.05) is 13.1 Å². The standard InChI is InChI=1S/C9H16N2O3/c1-13-9(12)7-4-11-8(5-10-7)14-6-2-3-6/h6-8,10-11H,2-5H2,1H3. The van der Waals surface area contributed by atoms with Crippen LogP contribution in [0, 0.1) is 0 Å². The monoisotopic (exact) mass is 200 g/mol. The topological polar surface area (TPSA) is 59.6 Å². The molecule has 1 heterocycles. The van der Waals surface area contributed by atoms with Crippen LogP contribution in [0.2, 0.25) is 0 Å². The first kappa shape index (κ1) is 9.89. The summed E-state index contributed by atoms with van der Waals surface area (Å²) in [4.78, 5) is 11.1. The number of esters is 1. The summed E-state index contributed by atoms with van der Waals surface area (Å²) in [6, 6.07) is -0.237. The fourth-order valence-corrected chi connectivity index (χ4v) is 1.48. The SMILES string of the molecule is COC(=O)C1CNC(OC2CC2)CN1. The molecule has 0 aromatic heterocycles. The molecule has 5 heteroatoms. The molecule has 2 aliphatic rings. The van der Waals surface area contributed by atoms with E-state index in [-0.39, 0.29) is 18.2 Å². The van der Waals surface area contributed by atoms with Gasteiger partial charge in [-0.2, -0.15) is 0 Å². The Morgan fingerprint density at radius 1 is 1.29 bits per heavy atom. The number of piperazine rings is 1. The van der Waals surface area contributed by atoms with E-state index < -0.39 is 0 Å². The van der Waals surface area contributed by atoms with Crippen molar-refractivity contribution in [1.29, 1.82) is 0 Å². The van der Waals surface area contributed by atoms with Crippen LogP contribution in [0.1, 0.15) is 12.8 Å². The molecular weight excluding hydrogens is 184 g/mol. The molecule has 0 radical (unpaired) electrons. The summed E-state index contributed by atoms with van der Waals surface area (Å²) in [5.41, 5.74) is 0. The van der Waals surface area contributed by atoms with Crippen molar-refractivity contribution in [2.45, 2.75) is 31.2 Å². The maximum absolute atomic E-state index is 11.1. The minimum atomic E-state index is -0.237. The highest BCUT2D eigenvalue weighted by atomic mass is 16.5. The van der Waals surface area contributed by atoms with Crippen LogP contribution in [0.3, 0.4) is 0 Å². The fourth-order valence-electron chi connectivity index (χ4n) is 1.48. The molecule has 2 unspecified atom stereocenters. The summed E-state index contributed by atoms with van der Waals surface area (Å²) in [6.45, 7) is 1.24. The average molecular weight is 200 g/mol. The van der Waals surface area contributed by atoms with Gasteiger partial charge in [-0.3, -0.25) is 15.4 Å². The molecular formula is C9H16N2O3. The van der Waals surface area contributed by atoms with Crippen LogP contribution >= 0.6 is 0 Å². The van der Waals surface area contributed by atoms with Gasteiger partial charge in [-0.1, -0.05) is 0 Å². The van der Waals surface area contributed by atoms with Crippen LogP contribution in [0.25, 0.3) is 0 Å². The van der Waals surface area contributed by atoms with E-state index in [1.165, 1.54) is 20.0 Å². The summed E-state index contributed by atoms with van der Waals surface area (Å²) in [7, 11) is 1.40. The number of ether oxygens (including phenoxy) is 2. The smallest absolute Gasteiger partial charge is 0.324 e. The van der Waals surface area contributed by atoms with Crippen LogP contribution in [-0.4, -0.2) is 44.5 Å². The van der Waals surface area contributed by atoms with E-state index in [0.29, 0.717) is 19.2 Å². The second-order valence-electron chi connectivity index (χ2n) is 3.72. The maximum atomic E-state index is 11.1. The van der Waals surface area contributed by atoms with Gasteiger partial charge in [-0.15, -0.1) is 0 Å². The molecule has 2 rings (SSSR count). The van der Waals surface area contributed by atoms with Crippen LogP contribution in [0.4, 0.5) is 0 Å². The first-order valence-corrected chi connectivity index (χ1v) is 4.99. The van der Waals surface area contributed by atoms with Gasteiger partial charge in [0.15, 0.2) is 0 Å². The van der Waals surface area contributed by atoms with E-state index in [1.807, 2.05) is 0 Å². The van der Waals surface area contributed by atoms with Gasteiger partial charge in [-0.05, 0) is 12.8 Å². The summed E-state index contributed by atoms with van der Waals surface area (Å²) < 4.78 is 10.3. The first-order chi connectivity index (χ1) is 6.79. The Bertz CT molecular complexity index is 210. The summed E-state index contributed by atoms with van der Waals surface area (Å²) >= 11 is 0. The number of methoxy groups -OCH3 is 1. The lowest BCUT2D eigenvalue weighted by molar-refractivity contribution is -0.144. The van der Waals surface area contributed by atoms with Crippen LogP contribution < -0.4 is 10.6 Å². The Morgan fingerprint density at radius 3 is 2.57 bits per heavy atom. The summed E-state index contributed by atoms with van der Waals surface area (Å²) in [5.74, 6) is -0.220. The molecule has 0 aromatic carbocycles. The van der Waals surface area contributed by atoms with E-state index in [1.54, 1.807) is 0 Å². The van der Waals surface area contributed by atoms with E-state index in [0.717, 1.165) is 0 Å². The number of hydrogen-bond donors (Lipinski definition) is 2. The molecule has 5 nitrogen and oxygen atoms in total. The minimum Gasteiger partial charge on any atom is -0.468 e. The van der Waals surface area contributed by atoms with Gasteiger partial charge < -0.3 is 9.47 Å². The quantitative estimate of drug-likeness (QED) is 0.586. The lowest BCUT2D eigenvalue weighted by Gasteiger charge is -2.29. The zero-order chi connectivity index (χ0) is 9.97. The number of rotatable bonds is 3. The Balaban J connectivity index is 1.71. The lowest BCUT2D eigenvalue weighted by Crippen LogP contribution is -2.58. The van der Waals surface area contributed by atoms with Crippen LogP contribution in [0.5, 0.6) is 0 Å². The molecule has 1 saturated carbocycles. The Morgan fingerprint density at radius 2 is 2.07 bits per heavy atom. The second kappa shape index (κ2) is 4.25. The molecule has 2 N–H and O–H groups in total. The van der Waals surface area contributed by atoms with Crippen molar-refractivity contribution in [2.75, 3.05) is 20.2 Å². The molecule has 2 atom stereocenters. The molecule has 0 amide bonds. The third-order valence-electron chi connectivity index (χ3n) is 2.47. The summed E-state index contributed by atoms with van der Waals surface area (Å²) in [6.07, 6.45) is 2.81. The normalized spacial score (nSPS) is 32.6. The molecule has 0 aromatic rings. The van der Waals surface area contributed by atoms with Gasteiger partial charge in [0.1, 0.15) is 12.3 Å². The molecule has 2 fully saturated rings. The van der Waals surface area contributed by atoms with Crippen molar-refractivity contribution in [3.63, 3.8) is 0 Å². The van der Waals surface area contributed by atoms with E-state index >= 15 is 0 Å². The lowest BCUT2D eigenvalue weighted by atomic mass is 10.2. The van der Waals surface area contributed by atoms with Gasteiger partial charge >= 0.3 is 5.97 Å². The second-order valence-corrected chi connectivity index (χ2v) is 3.72. The zero-order valence-corrected chi connectivity index (χ0v) is 8.29. The minimum absolute atomic E-state index is 0.0448. The van der Waals surface area contributed by atoms with Crippen molar-refractivity contribution < 1.29 is 14.3 Å². The molecule has 0 bridgehead atoms. The van der Waals surface area contributed by atoms with Crippen LogP contribution in [-0.2, 0) is 14.3 Å². The maximum Gasteiger partial charge on any atom is 0.324 e. The Labute approximate surface area is 83.1 Å². The van der Waals surface area contributed by atoms with Crippen molar-refractivity contribution in [2.24, 2.45) is 0 Å². The highest BCUT2D eigenvalue weighted by molar-refractivity contribution is 5.76. The molecule has 1 aliphatic carbocycles. The van der Waals surface area contributed by atoms with Crippen molar-refractivity contribution >= 4 is 5.97 Å². The van der Waals surface area contributed by atoms with Crippen molar-refractivity contribution in [3.8, 4) is 0 Å². The van der Waals surface area contributed by atoms with Gasteiger partial charge in [0.25, 0.3) is 0 Å². The fraction of sp³-hybridized carbons (Fsp3) is 0.889. The van der Waals surface area contributed by atoms with Crippen LogP contribution in [0.15, 0.2) is 0 Å². The van der Waals surface area contributed by atoms with Gasteiger partial charge in [-0.25, -0.2) is 0 Å². The average Bonchev–Trinajstić information content (AvgIpc) is 3.02. The highest BCUT2D eigenvalue weighted by Gasteiger charge is 2.30. The first-order valence-electron chi connectivity index (χ1n) is 4.99. The largest absolute Gasteiger partial charge is 0.468 e. The molecule has 14 heavy (non-hydrogen) atoms. The van der Waals surface area contributed by atoms with E-state index in [2.05, 4.69) is 15.4 Å². The molecule has 80 valence electrons. The van der Waals surface area contributed by atoms with Gasteiger partial charge in [0.05, 0.1) is 13.2 Å². The molecule has 1 aliphatic heterocycles. The van der Waals surface area contributed by atoms with Gasteiger partial charge in [0.2, 0.25) is 0 Å². The van der Waals surface area contributed by atoms with E-state index in [9.17, 15) is 4.79 Å². The van der Waals surface area contributed by atoms with Crippen molar-refractivity contribution in [3.05, 3.63) is 0 Å². The number of carbonyl (C=O) groups excluding carboxylic acids is 1. The predicted molar refractivity (Wildman–Crippen MR) is 49.7 cm³/mol. The number of carbonyl (C=O) groups is 1. The number of nitrogens with one attached hydrogen (secondary N) is 2. The highest BCUT2D eigenvalue weighted by Crippen LogP contribution is 2.24. The third kappa shape index (κ3) is 2.43. The number of hydrogen-bond acceptors (Lipinski definition) is 5. The third-order valence-corrected chi connectivity index (χ3v) is 2.47.